The maximum absolute atomic E-state index is 11.4. The summed E-state index contributed by atoms with van der Waals surface area (Å²) in [7, 11) is 3.39. The third-order valence-electron chi connectivity index (χ3n) is 1.56. The van der Waals surface area contributed by atoms with Crippen LogP contribution in [0.15, 0.2) is 27.9 Å². The van der Waals surface area contributed by atoms with Gasteiger partial charge in [-0.25, -0.2) is 0 Å². The Hall–Kier alpha value is -1.91. The number of nitrogens with zero attached hydrogens (tertiary/aromatic N) is 2. The topological polar surface area (TPSA) is 62.9 Å². The van der Waals surface area contributed by atoms with Crippen LogP contribution in [-0.4, -0.2) is 36.9 Å². The number of hydrogen-bond donors (Lipinski definition) is 0. The van der Waals surface area contributed by atoms with E-state index in [0.717, 1.165) is 6.21 Å². The van der Waals surface area contributed by atoms with Gasteiger partial charge in [-0.05, 0) is 12.1 Å². The summed E-state index contributed by atoms with van der Waals surface area (Å²) in [5.41, 5.74) is 0. The van der Waals surface area contributed by atoms with Crippen molar-refractivity contribution in [1.29, 1.82) is 0 Å². The lowest BCUT2D eigenvalue weighted by Gasteiger charge is -2.00. The van der Waals surface area contributed by atoms with E-state index in [9.17, 15) is 9.59 Å². The van der Waals surface area contributed by atoms with Gasteiger partial charge >= 0.3 is 0 Å². The highest BCUT2D eigenvalue weighted by molar-refractivity contribution is 6.32. The number of ketones is 2. The van der Waals surface area contributed by atoms with Crippen LogP contribution in [0.25, 0.3) is 0 Å². The summed E-state index contributed by atoms with van der Waals surface area (Å²) >= 11 is 0. The van der Waals surface area contributed by atoms with E-state index in [2.05, 4.69) is 5.10 Å². The van der Waals surface area contributed by atoms with Crippen molar-refractivity contribution in [3.8, 4) is 0 Å². The summed E-state index contributed by atoms with van der Waals surface area (Å²) in [4.78, 5) is 22.6. The molecule has 0 aromatic carbocycles. The van der Waals surface area contributed by atoms with Gasteiger partial charge in [-0.2, -0.15) is 5.10 Å². The van der Waals surface area contributed by atoms with E-state index in [0.29, 0.717) is 0 Å². The van der Waals surface area contributed by atoms with E-state index >= 15 is 0 Å². The molecule has 0 N–H and O–H groups in total. The van der Waals surface area contributed by atoms with Crippen molar-refractivity contribution in [2.24, 2.45) is 5.10 Å². The zero-order valence-corrected chi connectivity index (χ0v) is 8.64. The van der Waals surface area contributed by atoms with E-state index in [1.165, 1.54) is 17.3 Å². The molecule has 0 radical (unpaired) electrons. The number of carbonyl (C=O) groups is 2. The fraction of sp³-hybridized carbons (Fsp3) is 0.300. The molecule has 0 aliphatic carbocycles. The van der Waals surface area contributed by atoms with E-state index in [4.69, 9.17) is 4.42 Å². The largest absolute Gasteiger partial charge is 0.461 e. The molecule has 5 nitrogen and oxygen atoms in total. The molecule has 0 aliphatic rings. The van der Waals surface area contributed by atoms with Gasteiger partial charge in [0.15, 0.2) is 11.5 Å². The molecule has 0 unspecified atom stereocenters. The van der Waals surface area contributed by atoms with Crippen molar-refractivity contribution in [2.75, 3.05) is 14.1 Å². The molecular weight excluding hydrogens is 196 g/mol. The van der Waals surface area contributed by atoms with Crippen LogP contribution >= 0.6 is 0 Å². The van der Waals surface area contributed by atoms with Gasteiger partial charge in [0.05, 0.1) is 18.9 Å². The van der Waals surface area contributed by atoms with Crippen LogP contribution in [0.1, 0.15) is 17.0 Å². The van der Waals surface area contributed by atoms with Gasteiger partial charge < -0.3 is 9.43 Å². The smallest absolute Gasteiger partial charge is 0.205 e. The molecule has 1 aromatic rings. The van der Waals surface area contributed by atoms with Gasteiger partial charge in [0, 0.05) is 14.1 Å². The molecule has 1 aromatic heterocycles. The second-order valence-corrected chi connectivity index (χ2v) is 3.14. The molecule has 0 fully saturated rings. The van der Waals surface area contributed by atoms with Crippen LogP contribution in [0.5, 0.6) is 0 Å². The lowest BCUT2D eigenvalue weighted by atomic mass is 10.2. The van der Waals surface area contributed by atoms with Crippen molar-refractivity contribution in [1.82, 2.24) is 5.01 Å². The summed E-state index contributed by atoms with van der Waals surface area (Å²) in [5.74, 6) is -0.484. The van der Waals surface area contributed by atoms with Gasteiger partial charge in [0.1, 0.15) is 0 Å². The standard InChI is InChI=1S/C10H12N2O3/c1-12(2)11-7-8(13)6-9(14)10-4-3-5-15-10/h3-5,7H,6H2,1-2H3/b11-7+. The Kier molecular flexibility index (Phi) is 3.79. The lowest BCUT2D eigenvalue weighted by molar-refractivity contribution is -0.111. The zero-order chi connectivity index (χ0) is 11.3. The minimum absolute atomic E-state index is 0.196. The number of hydrogen-bond acceptors (Lipinski definition) is 5. The van der Waals surface area contributed by atoms with Crippen LogP contribution < -0.4 is 0 Å². The number of carbonyl (C=O) groups excluding carboxylic acids is 2. The fourth-order valence-electron chi connectivity index (χ4n) is 0.908. The Balaban J connectivity index is 2.49. The fourth-order valence-corrected chi connectivity index (χ4v) is 0.908. The quantitative estimate of drug-likeness (QED) is 0.313. The minimum atomic E-state index is -0.342. The van der Waals surface area contributed by atoms with E-state index < -0.39 is 0 Å². The van der Waals surface area contributed by atoms with Crippen molar-refractivity contribution in [3.63, 3.8) is 0 Å². The molecule has 5 heteroatoms. The zero-order valence-electron chi connectivity index (χ0n) is 8.64. The first-order chi connectivity index (χ1) is 7.09. The molecule has 80 valence electrons. The van der Waals surface area contributed by atoms with Crippen LogP contribution in [0, 0.1) is 0 Å². The number of hydrazone groups is 1. The van der Waals surface area contributed by atoms with Crippen LogP contribution in [-0.2, 0) is 4.79 Å². The molecule has 0 spiro atoms. The monoisotopic (exact) mass is 208 g/mol. The summed E-state index contributed by atoms with van der Waals surface area (Å²) in [6, 6.07) is 3.13. The molecule has 0 saturated carbocycles. The predicted octanol–water partition coefficient (Wildman–Crippen LogP) is 0.969. The average molecular weight is 208 g/mol. The number of furan rings is 1. The molecule has 0 bridgehead atoms. The maximum Gasteiger partial charge on any atom is 0.205 e. The Morgan fingerprint density at radius 3 is 2.80 bits per heavy atom. The second-order valence-electron chi connectivity index (χ2n) is 3.14. The summed E-state index contributed by atoms with van der Waals surface area (Å²) in [6.07, 6.45) is 2.30. The van der Waals surface area contributed by atoms with Gasteiger partial charge in [0.2, 0.25) is 5.78 Å². The van der Waals surface area contributed by atoms with E-state index in [-0.39, 0.29) is 23.7 Å². The Morgan fingerprint density at radius 2 is 2.27 bits per heavy atom. The Labute approximate surface area is 87.4 Å². The molecule has 1 heterocycles. The van der Waals surface area contributed by atoms with Crippen molar-refractivity contribution < 1.29 is 14.0 Å². The normalized spacial score (nSPS) is 10.5. The third-order valence-corrected chi connectivity index (χ3v) is 1.56. The van der Waals surface area contributed by atoms with Gasteiger partial charge in [-0.1, -0.05) is 0 Å². The Morgan fingerprint density at radius 1 is 1.53 bits per heavy atom. The second kappa shape index (κ2) is 5.09. The molecule has 0 amide bonds. The van der Waals surface area contributed by atoms with Crippen molar-refractivity contribution in [2.45, 2.75) is 6.42 Å². The molecular formula is C10H12N2O3. The van der Waals surface area contributed by atoms with Crippen molar-refractivity contribution in [3.05, 3.63) is 24.2 Å². The summed E-state index contributed by atoms with van der Waals surface area (Å²) < 4.78 is 4.87. The van der Waals surface area contributed by atoms with Gasteiger partial charge in [0.25, 0.3) is 0 Å². The van der Waals surface area contributed by atoms with Gasteiger partial charge in [-0.15, -0.1) is 0 Å². The van der Waals surface area contributed by atoms with E-state index in [1.54, 1.807) is 20.2 Å². The van der Waals surface area contributed by atoms with Crippen LogP contribution in [0.2, 0.25) is 0 Å². The molecule has 0 saturated heterocycles. The third kappa shape index (κ3) is 3.76. The highest BCUT2D eigenvalue weighted by Gasteiger charge is 2.12. The first-order valence-corrected chi connectivity index (χ1v) is 4.40. The predicted molar refractivity (Wildman–Crippen MR) is 54.8 cm³/mol. The van der Waals surface area contributed by atoms with Gasteiger partial charge in [-0.3, -0.25) is 9.59 Å². The number of Topliss-reactive ketones (excluding diaryl/α,β-unsaturated/α-hetero) is 2. The minimum Gasteiger partial charge on any atom is -0.461 e. The first-order valence-electron chi connectivity index (χ1n) is 4.40. The molecule has 0 aliphatic heterocycles. The first kappa shape index (κ1) is 11.2. The number of rotatable bonds is 5. The summed E-state index contributed by atoms with van der Waals surface area (Å²) in [5, 5.41) is 5.22. The molecule has 0 atom stereocenters. The van der Waals surface area contributed by atoms with Crippen molar-refractivity contribution >= 4 is 17.8 Å². The van der Waals surface area contributed by atoms with Crippen LogP contribution in [0.3, 0.4) is 0 Å². The molecule has 15 heavy (non-hydrogen) atoms. The SMILES string of the molecule is CN(C)/N=C/C(=O)CC(=O)c1ccco1. The highest BCUT2D eigenvalue weighted by Crippen LogP contribution is 2.03. The Bertz CT molecular complexity index is 366. The maximum atomic E-state index is 11.4. The average Bonchev–Trinajstić information content (AvgIpc) is 2.67. The highest BCUT2D eigenvalue weighted by atomic mass is 16.3. The summed E-state index contributed by atoms with van der Waals surface area (Å²) in [6.45, 7) is 0. The van der Waals surface area contributed by atoms with Crippen LogP contribution in [0.4, 0.5) is 0 Å². The lowest BCUT2D eigenvalue weighted by Crippen LogP contribution is -2.11. The van der Waals surface area contributed by atoms with E-state index in [1.807, 2.05) is 0 Å². The molecule has 1 rings (SSSR count).